The lowest BCUT2D eigenvalue weighted by atomic mass is 10.1. The Morgan fingerprint density at radius 2 is 1.80 bits per heavy atom. The zero-order valence-electron chi connectivity index (χ0n) is 12.9. The number of hydrogen-bond donors (Lipinski definition) is 1. The summed E-state index contributed by atoms with van der Waals surface area (Å²) in [5.74, 6) is -0.355. The summed E-state index contributed by atoms with van der Waals surface area (Å²) < 4.78 is 11.3. The van der Waals surface area contributed by atoms with Gasteiger partial charge in [0.05, 0.1) is 11.8 Å². The van der Waals surface area contributed by atoms with Gasteiger partial charge in [-0.1, -0.05) is 12.1 Å². The Bertz CT molecular complexity index is 859. The number of aromatic nitrogens is 1. The first kappa shape index (κ1) is 17.2. The summed E-state index contributed by atoms with van der Waals surface area (Å²) in [6, 6.07) is 14.0. The molecule has 25 heavy (non-hydrogen) atoms. The van der Waals surface area contributed by atoms with Gasteiger partial charge in [-0.2, -0.15) is 0 Å². The summed E-state index contributed by atoms with van der Waals surface area (Å²) in [6.07, 6.45) is 2.92. The standard InChI is InChI=1S/C18H13IN2O4/c19-14-5-7-15(8-6-14)21-17(22)10-24-18(23)13-3-1-12(2-4-13)16-9-20-11-25-16/h1-9,11H,10H2,(H,21,22). The Hall–Kier alpha value is -2.68. The van der Waals surface area contributed by atoms with Gasteiger partial charge < -0.3 is 14.5 Å². The number of halogens is 1. The Kier molecular flexibility index (Phi) is 5.44. The molecule has 0 atom stereocenters. The normalized spacial score (nSPS) is 10.3. The van der Waals surface area contributed by atoms with Crippen molar-refractivity contribution in [3.05, 3.63) is 70.3 Å². The van der Waals surface area contributed by atoms with E-state index in [1.54, 1.807) is 42.6 Å². The highest BCUT2D eigenvalue weighted by atomic mass is 127. The molecule has 3 rings (SSSR count). The molecular formula is C18H13IN2O4. The fourth-order valence-corrected chi connectivity index (χ4v) is 2.43. The van der Waals surface area contributed by atoms with Crippen molar-refractivity contribution in [3.8, 4) is 11.3 Å². The largest absolute Gasteiger partial charge is 0.452 e. The highest BCUT2D eigenvalue weighted by molar-refractivity contribution is 14.1. The molecule has 126 valence electrons. The first-order valence-electron chi connectivity index (χ1n) is 7.33. The van der Waals surface area contributed by atoms with Crippen LogP contribution in [-0.4, -0.2) is 23.5 Å². The lowest BCUT2D eigenvalue weighted by Crippen LogP contribution is -2.20. The number of ether oxygens (including phenoxy) is 1. The molecule has 2 aromatic carbocycles. The number of oxazole rings is 1. The maximum Gasteiger partial charge on any atom is 0.338 e. The molecule has 1 aromatic heterocycles. The summed E-state index contributed by atoms with van der Waals surface area (Å²) in [7, 11) is 0. The number of benzene rings is 2. The third-order valence-corrected chi connectivity index (χ3v) is 4.02. The van der Waals surface area contributed by atoms with Crippen LogP contribution in [0.4, 0.5) is 5.69 Å². The minimum Gasteiger partial charge on any atom is -0.452 e. The molecule has 0 bridgehead atoms. The van der Waals surface area contributed by atoms with Gasteiger partial charge in [-0.3, -0.25) is 4.79 Å². The lowest BCUT2D eigenvalue weighted by Gasteiger charge is -2.07. The monoisotopic (exact) mass is 448 g/mol. The average Bonchev–Trinajstić information content (AvgIpc) is 3.16. The number of nitrogens with zero attached hydrogens (tertiary/aromatic N) is 1. The molecule has 3 aromatic rings. The fraction of sp³-hybridized carbons (Fsp3) is 0.0556. The van der Waals surface area contributed by atoms with E-state index in [0.717, 1.165) is 9.13 Å². The molecule has 0 radical (unpaired) electrons. The quantitative estimate of drug-likeness (QED) is 0.475. The first-order chi connectivity index (χ1) is 12.1. The second-order valence-corrected chi connectivity index (χ2v) is 6.32. The van der Waals surface area contributed by atoms with Gasteiger partial charge in [0.15, 0.2) is 18.8 Å². The van der Waals surface area contributed by atoms with Crippen molar-refractivity contribution >= 4 is 40.2 Å². The average molecular weight is 448 g/mol. The van der Waals surface area contributed by atoms with Crippen LogP contribution in [0.25, 0.3) is 11.3 Å². The van der Waals surface area contributed by atoms with E-state index in [1.165, 1.54) is 6.39 Å². The van der Waals surface area contributed by atoms with Gasteiger partial charge in [-0.25, -0.2) is 9.78 Å². The number of nitrogens with one attached hydrogen (secondary N) is 1. The fourth-order valence-electron chi connectivity index (χ4n) is 2.07. The topological polar surface area (TPSA) is 81.4 Å². The molecule has 0 fully saturated rings. The van der Waals surface area contributed by atoms with Gasteiger partial charge in [0.25, 0.3) is 5.91 Å². The van der Waals surface area contributed by atoms with Crippen LogP contribution in [0.1, 0.15) is 10.4 Å². The highest BCUT2D eigenvalue weighted by Gasteiger charge is 2.11. The molecule has 0 aliphatic carbocycles. The summed E-state index contributed by atoms with van der Waals surface area (Å²) in [5, 5.41) is 2.66. The van der Waals surface area contributed by atoms with E-state index in [9.17, 15) is 9.59 Å². The van der Waals surface area contributed by atoms with Gasteiger partial charge >= 0.3 is 5.97 Å². The number of carbonyl (C=O) groups is 2. The van der Waals surface area contributed by atoms with E-state index < -0.39 is 11.9 Å². The smallest absolute Gasteiger partial charge is 0.338 e. The predicted molar refractivity (Wildman–Crippen MR) is 100 cm³/mol. The maximum absolute atomic E-state index is 12.0. The Morgan fingerprint density at radius 1 is 1.08 bits per heavy atom. The van der Waals surface area contributed by atoms with E-state index in [0.29, 0.717) is 17.0 Å². The van der Waals surface area contributed by atoms with E-state index in [1.807, 2.05) is 12.1 Å². The number of carbonyl (C=O) groups excluding carboxylic acids is 2. The Balaban J connectivity index is 1.53. The molecule has 0 saturated heterocycles. The molecule has 1 N–H and O–H groups in total. The zero-order chi connectivity index (χ0) is 17.6. The highest BCUT2D eigenvalue weighted by Crippen LogP contribution is 2.19. The maximum atomic E-state index is 12.0. The summed E-state index contributed by atoms with van der Waals surface area (Å²) in [4.78, 5) is 27.7. The summed E-state index contributed by atoms with van der Waals surface area (Å²) in [5.41, 5.74) is 1.80. The van der Waals surface area contributed by atoms with Crippen LogP contribution >= 0.6 is 22.6 Å². The van der Waals surface area contributed by atoms with Crippen molar-refractivity contribution in [2.45, 2.75) is 0 Å². The molecular weight excluding hydrogens is 435 g/mol. The second kappa shape index (κ2) is 7.93. The molecule has 0 aliphatic rings. The van der Waals surface area contributed by atoms with Crippen LogP contribution in [0.5, 0.6) is 0 Å². The van der Waals surface area contributed by atoms with Crippen LogP contribution < -0.4 is 5.32 Å². The molecule has 0 saturated carbocycles. The number of hydrogen-bond acceptors (Lipinski definition) is 5. The molecule has 1 amide bonds. The Labute approximate surface area is 157 Å². The molecule has 0 unspecified atom stereocenters. The summed E-state index contributed by atoms with van der Waals surface area (Å²) >= 11 is 2.18. The van der Waals surface area contributed by atoms with Crippen molar-refractivity contribution < 1.29 is 18.7 Å². The second-order valence-electron chi connectivity index (χ2n) is 5.07. The van der Waals surface area contributed by atoms with Crippen molar-refractivity contribution in [1.29, 1.82) is 0 Å². The van der Waals surface area contributed by atoms with Crippen LogP contribution in [0.3, 0.4) is 0 Å². The minimum atomic E-state index is -0.568. The van der Waals surface area contributed by atoms with Gasteiger partial charge in [0, 0.05) is 14.8 Å². The van der Waals surface area contributed by atoms with Crippen LogP contribution in [0.15, 0.2) is 65.5 Å². The number of rotatable bonds is 5. The van der Waals surface area contributed by atoms with E-state index in [2.05, 4.69) is 32.9 Å². The van der Waals surface area contributed by atoms with Crippen LogP contribution in [-0.2, 0) is 9.53 Å². The number of anilines is 1. The van der Waals surface area contributed by atoms with Crippen molar-refractivity contribution in [2.75, 3.05) is 11.9 Å². The molecule has 6 nitrogen and oxygen atoms in total. The van der Waals surface area contributed by atoms with Gasteiger partial charge in [-0.15, -0.1) is 0 Å². The molecule has 1 heterocycles. The van der Waals surface area contributed by atoms with Crippen LogP contribution in [0.2, 0.25) is 0 Å². The van der Waals surface area contributed by atoms with Gasteiger partial charge in [0.2, 0.25) is 0 Å². The third kappa shape index (κ3) is 4.66. The predicted octanol–water partition coefficient (Wildman–Crippen LogP) is 3.74. The van der Waals surface area contributed by atoms with Gasteiger partial charge in [0.1, 0.15) is 0 Å². The van der Waals surface area contributed by atoms with Gasteiger partial charge in [-0.05, 0) is 59.0 Å². The van der Waals surface area contributed by atoms with Crippen molar-refractivity contribution in [2.24, 2.45) is 0 Å². The lowest BCUT2D eigenvalue weighted by molar-refractivity contribution is -0.119. The SMILES string of the molecule is O=C(COC(=O)c1ccc(-c2cnco2)cc1)Nc1ccc(I)cc1. The van der Waals surface area contributed by atoms with E-state index >= 15 is 0 Å². The van der Waals surface area contributed by atoms with E-state index in [4.69, 9.17) is 9.15 Å². The molecule has 0 spiro atoms. The molecule has 0 aliphatic heterocycles. The molecule has 7 heteroatoms. The van der Waals surface area contributed by atoms with E-state index in [-0.39, 0.29) is 6.61 Å². The number of esters is 1. The zero-order valence-corrected chi connectivity index (χ0v) is 15.1. The third-order valence-electron chi connectivity index (χ3n) is 3.30. The minimum absolute atomic E-state index is 0.352. The Morgan fingerprint density at radius 3 is 2.44 bits per heavy atom. The first-order valence-corrected chi connectivity index (χ1v) is 8.41. The van der Waals surface area contributed by atoms with Crippen LogP contribution in [0, 0.1) is 3.57 Å². The number of amides is 1. The van der Waals surface area contributed by atoms with Crippen molar-refractivity contribution in [1.82, 2.24) is 4.98 Å². The van der Waals surface area contributed by atoms with Crippen molar-refractivity contribution in [3.63, 3.8) is 0 Å². The summed E-state index contributed by atoms with van der Waals surface area (Å²) in [6.45, 7) is -0.353.